The molecule has 0 aliphatic heterocycles. The molecule has 0 aliphatic rings. The lowest BCUT2D eigenvalue weighted by Crippen LogP contribution is -2.19. The fraction of sp³-hybridized carbons (Fsp3) is 0.407. The summed E-state index contributed by atoms with van der Waals surface area (Å²) in [4.78, 5) is 0. The first-order chi connectivity index (χ1) is 15.2. The van der Waals surface area contributed by atoms with E-state index in [1.165, 1.54) is 30.5 Å². The molecule has 1 heterocycles. The monoisotopic (exact) mass is 421 g/mol. The molecule has 4 heteroatoms. The van der Waals surface area contributed by atoms with Crippen molar-refractivity contribution in [2.75, 3.05) is 19.8 Å². The number of furan rings is 1. The molecule has 0 aliphatic carbocycles. The van der Waals surface area contributed by atoms with E-state index in [-0.39, 0.29) is 5.82 Å². The molecular formula is C27H32FNO2. The van der Waals surface area contributed by atoms with Gasteiger partial charge in [-0.3, -0.25) is 0 Å². The summed E-state index contributed by atoms with van der Waals surface area (Å²) in [6, 6.07) is 15.1. The van der Waals surface area contributed by atoms with Crippen LogP contribution in [-0.4, -0.2) is 19.8 Å². The van der Waals surface area contributed by atoms with Crippen LogP contribution in [0.4, 0.5) is 4.39 Å². The summed E-state index contributed by atoms with van der Waals surface area (Å²) in [7, 11) is 0. The normalized spacial score (nSPS) is 11.1. The summed E-state index contributed by atoms with van der Waals surface area (Å²) in [5.74, 6) is 3.43. The highest BCUT2D eigenvalue weighted by molar-refractivity contribution is 5.78. The first-order valence-corrected chi connectivity index (χ1v) is 11.2. The van der Waals surface area contributed by atoms with Gasteiger partial charge in [0.2, 0.25) is 0 Å². The molecular weight excluding hydrogens is 389 g/mol. The van der Waals surface area contributed by atoms with Crippen LogP contribution in [0.3, 0.4) is 0 Å². The number of unbranched alkanes of at least 4 members (excludes halogenated alkanes) is 4. The third kappa shape index (κ3) is 8.20. The van der Waals surface area contributed by atoms with E-state index < -0.39 is 0 Å². The Hall–Kier alpha value is -2.61. The average molecular weight is 422 g/mol. The Morgan fingerprint density at radius 3 is 2.55 bits per heavy atom. The molecule has 1 aromatic heterocycles. The Balaban J connectivity index is 1.33. The van der Waals surface area contributed by atoms with E-state index in [0.717, 1.165) is 80.7 Å². The van der Waals surface area contributed by atoms with Crippen molar-refractivity contribution < 1.29 is 13.5 Å². The van der Waals surface area contributed by atoms with Crippen molar-refractivity contribution in [2.24, 2.45) is 0 Å². The second kappa shape index (κ2) is 12.9. The quantitative estimate of drug-likeness (QED) is 0.254. The average Bonchev–Trinajstić information content (AvgIpc) is 3.19. The Bertz CT molecular complexity index is 956. The van der Waals surface area contributed by atoms with Gasteiger partial charge in [-0.15, -0.1) is 12.3 Å². The molecule has 0 spiro atoms. The number of halogens is 1. The van der Waals surface area contributed by atoms with E-state index in [4.69, 9.17) is 15.6 Å². The third-order valence-corrected chi connectivity index (χ3v) is 5.32. The molecule has 0 radical (unpaired) electrons. The van der Waals surface area contributed by atoms with Gasteiger partial charge < -0.3 is 14.5 Å². The number of nitrogens with one attached hydrogen (secondary N) is 1. The molecule has 0 saturated heterocycles. The van der Waals surface area contributed by atoms with Gasteiger partial charge >= 0.3 is 0 Å². The molecule has 0 fully saturated rings. The first-order valence-electron chi connectivity index (χ1n) is 11.2. The lowest BCUT2D eigenvalue weighted by molar-refractivity contribution is 0.131. The zero-order valence-electron chi connectivity index (χ0n) is 18.2. The Morgan fingerprint density at radius 2 is 1.71 bits per heavy atom. The van der Waals surface area contributed by atoms with E-state index in [1.807, 2.05) is 12.1 Å². The third-order valence-electron chi connectivity index (χ3n) is 5.32. The predicted octanol–water partition coefficient (Wildman–Crippen LogP) is 6.05. The zero-order valence-corrected chi connectivity index (χ0v) is 18.2. The Labute approximate surface area is 185 Å². The second-order valence-corrected chi connectivity index (χ2v) is 7.87. The molecule has 0 amide bonds. The minimum absolute atomic E-state index is 0.202. The van der Waals surface area contributed by atoms with Gasteiger partial charge in [-0.05, 0) is 54.7 Å². The molecule has 0 bridgehead atoms. The maximum Gasteiger partial charge on any atom is 0.134 e. The van der Waals surface area contributed by atoms with Crippen LogP contribution in [0.15, 0.2) is 52.9 Å². The van der Waals surface area contributed by atoms with Gasteiger partial charge in [-0.1, -0.05) is 37.1 Å². The van der Waals surface area contributed by atoms with Crippen LogP contribution in [0.25, 0.3) is 11.0 Å². The molecule has 0 atom stereocenters. The van der Waals surface area contributed by atoms with Crippen LogP contribution in [-0.2, 0) is 24.1 Å². The van der Waals surface area contributed by atoms with Crippen molar-refractivity contribution in [2.45, 2.75) is 51.5 Å². The molecule has 3 aromatic rings. The largest absolute Gasteiger partial charge is 0.461 e. The number of fused-ring (bicyclic) bond motifs is 1. The Kier molecular flexibility index (Phi) is 9.63. The summed E-state index contributed by atoms with van der Waals surface area (Å²) in [5.41, 5.74) is 3.22. The lowest BCUT2D eigenvalue weighted by Gasteiger charge is -2.06. The van der Waals surface area contributed by atoms with Gasteiger partial charge in [-0.2, -0.15) is 0 Å². The zero-order chi connectivity index (χ0) is 21.7. The summed E-state index contributed by atoms with van der Waals surface area (Å²) in [5, 5.41) is 4.54. The van der Waals surface area contributed by atoms with Gasteiger partial charge in [-0.25, -0.2) is 4.39 Å². The van der Waals surface area contributed by atoms with Crippen LogP contribution in [0.5, 0.6) is 0 Å². The fourth-order valence-corrected chi connectivity index (χ4v) is 3.55. The standard InChI is InChI=1S/C27H32FNO2/c1-2-3-4-5-6-7-17-30-18-16-29-21-23-8-12-24-20-26(31-27(24)19-23)15-11-22-9-13-25(28)14-10-22/h1,8-10,12-14,19-20,29H,3-7,11,15-18,21H2. The first kappa shape index (κ1) is 23.1. The van der Waals surface area contributed by atoms with Crippen molar-refractivity contribution in [3.05, 3.63) is 71.2 Å². The minimum Gasteiger partial charge on any atom is -0.461 e. The second-order valence-electron chi connectivity index (χ2n) is 7.87. The fourth-order valence-electron chi connectivity index (χ4n) is 3.55. The van der Waals surface area contributed by atoms with Crippen molar-refractivity contribution in [1.82, 2.24) is 5.32 Å². The minimum atomic E-state index is -0.202. The van der Waals surface area contributed by atoms with Crippen molar-refractivity contribution in [1.29, 1.82) is 0 Å². The van der Waals surface area contributed by atoms with E-state index in [1.54, 1.807) is 0 Å². The number of aryl methyl sites for hydroxylation is 2. The van der Waals surface area contributed by atoms with Crippen LogP contribution in [0.1, 0.15) is 49.0 Å². The maximum atomic E-state index is 13.0. The number of hydrogen-bond acceptors (Lipinski definition) is 3. The highest BCUT2D eigenvalue weighted by atomic mass is 19.1. The van der Waals surface area contributed by atoms with Crippen molar-refractivity contribution in [3.63, 3.8) is 0 Å². The number of terminal acetylenes is 1. The molecule has 2 aromatic carbocycles. The Morgan fingerprint density at radius 1 is 0.903 bits per heavy atom. The molecule has 3 nitrogen and oxygen atoms in total. The van der Waals surface area contributed by atoms with Crippen LogP contribution in [0.2, 0.25) is 0 Å². The van der Waals surface area contributed by atoms with Gasteiger partial charge in [0.05, 0.1) is 6.61 Å². The van der Waals surface area contributed by atoms with E-state index in [0.29, 0.717) is 0 Å². The SMILES string of the molecule is C#CCCCCCCOCCNCc1ccc2cc(CCc3ccc(F)cc3)oc2c1. The molecule has 0 unspecified atom stereocenters. The summed E-state index contributed by atoms with van der Waals surface area (Å²) >= 11 is 0. The summed E-state index contributed by atoms with van der Waals surface area (Å²) in [6.45, 7) is 3.16. The highest BCUT2D eigenvalue weighted by Gasteiger charge is 2.06. The van der Waals surface area contributed by atoms with E-state index in [9.17, 15) is 4.39 Å². The maximum absolute atomic E-state index is 13.0. The van der Waals surface area contributed by atoms with Gasteiger partial charge in [0.1, 0.15) is 17.2 Å². The number of ether oxygens (including phenoxy) is 1. The van der Waals surface area contributed by atoms with Gasteiger partial charge in [0.15, 0.2) is 0 Å². The number of hydrogen-bond donors (Lipinski definition) is 1. The van der Waals surface area contributed by atoms with Crippen molar-refractivity contribution >= 4 is 11.0 Å². The topological polar surface area (TPSA) is 34.4 Å². The smallest absolute Gasteiger partial charge is 0.134 e. The van der Waals surface area contributed by atoms with Crippen LogP contribution in [0, 0.1) is 18.2 Å². The van der Waals surface area contributed by atoms with Crippen LogP contribution < -0.4 is 5.32 Å². The van der Waals surface area contributed by atoms with E-state index >= 15 is 0 Å². The van der Waals surface area contributed by atoms with Crippen molar-refractivity contribution in [3.8, 4) is 12.3 Å². The summed E-state index contributed by atoms with van der Waals surface area (Å²) in [6.07, 6.45) is 12.4. The predicted molar refractivity (Wildman–Crippen MR) is 124 cm³/mol. The highest BCUT2D eigenvalue weighted by Crippen LogP contribution is 2.22. The molecule has 1 N–H and O–H groups in total. The van der Waals surface area contributed by atoms with Crippen LogP contribution >= 0.6 is 0 Å². The molecule has 31 heavy (non-hydrogen) atoms. The molecule has 0 saturated carbocycles. The molecule has 164 valence electrons. The number of benzene rings is 2. The van der Waals surface area contributed by atoms with Gasteiger partial charge in [0, 0.05) is 37.9 Å². The number of rotatable bonds is 14. The summed E-state index contributed by atoms with van der Waals surface area (Å²) < 4.78 is 24.7. The van der Waals surface area contributed by atoms with Gasteiger partial charge in [0.25, 0.3) is 0 Å². The lowest BCUT2D eigenvalue weighted by atomic mass is 10.1. The van der Waals surface area contributed by atoms with E-state index in [2.05, 4.69) is 35.5 Å². The molecule has 3 rings (SSSR count).